The van der Waals surface area contributed by atoms with Crippen molar-refractivity contribution in [3.05, 3.63) is 48.8 Å². The first kappa shape index (κ1) is 11.8. The molecule has 1 N–H and O–H groups in total. The lowest BCUT2D eigenvalue weighted by atomic mass is 10.2. The number of rotatable bonds is 6. The van der Waals surface area contributed by atoms with Crippen molar-refractivity contribution in [1.29, 1.82) is 0 Å². The topological polar surface area (TPSA) is 42.7 Å². The maximum Gasteiger partial charge on any atom is 0.0946 e. The quantitative estimate of drug-likeness (QED) is 0.817. The Hall–Kier alpha value is -1.68. The van der Waals surface area contributed by atoms with Gasteiger partial charge in [-0.25, -0.2) is 4.98 Å². The van der Waals surface area contributed by atoms with Crippen LogP contribution in [0.3, 0.4) is 0 Å². The van der Waals surface area contributed by atoms with Crippen LogP contribution in [0.2, 0.25) is 0 Å². The molecular formula is C13H18N4. The van der Waals surface area contributed by atoms with Crippen LogP contribution >= 0.6 is 0 Å². The Labute approximate surface area is 102 Å². The Morgan fingerprint density at radius 3 is 3.00 bits per heavy atom. The lowest BCUT2D eigenvalue weighted by Crippen LogP contribution is -2.31. The molecule has 2 rings (SSSR count). The van der Waals surface area contributed by atoms with Crippen molar-refractivity contribution in [3.63, 3.8) is 0 Å². The largest absolute Gasteiger partial charge is 0.336 e. The lowest BCUT2D eigenvalue weighted by molar-refractivity contribution is 0.479. The molecule has 1 atom stereocenters. The van der Waals surface area contributed by atoms with Gasteiger partial charge in [-0.05, 0) is 31.5 Å². The first-order chi connectivity index (χ1) is 8.34. The molecule has 1 unspecified atom stereocenters. The monoisotopic (exact) mass is 230 g/mol. The molecule has 0 aliphatic carbocycles. The molecule has 4 heteroatoms. The van der Waals surface area contributed by atoms with Crippen molar-refractivity contribution >= 4 is 0 Å². The summed E-state index contributed by atoms with van der Waals surface area (Å²) in [6.45, 7) is 4.11. The summed E-state index contributed by atoms with van der Waals surface area (Å²) in [4.78, 5) is 8.13. The Morgan fingerprint density at radius 1 is 1.35 bits per heavy atom. The minimum atomic E-state index is 0.445. The van der Waals surface area contributed by atoms with Gasteiger partial charge in [0, 0.05) is 37.4 Å². The summed E-state index contributed by atoms with van der Waals surface area (Å²) in [6, 6.07) is 4.53. The van der Waals surface area contributed by atoms with E-state index in [1.807, 2.05) is 31.0 Å². The van der Waals surface area contributed by atoms with E-state index in [2.05, 4.69) is 32.8 Å². The molecule has 4 nitrogen and oxygen atoms in total. The van der Waals surface area contributed by atoms with Gasteiger partial charge in [0.15, 0.2) is 0 Å². The van der Waals surface area contributed by atoms with Crippen LogP contribution in [0.1, 0.15) is 12.5 Å². The number of hydrogen-bond donors (Lipinski definition) is 1. The predicted octanol–water partition coefficient (Wildman–Crippen LogP) is 1.50. The number of hydrogen-bond acceptors (Lipinski definition) is 3. The maximum atomic E-state index is 4.10. The summed E-state index contributed by atoms with van der Waals surface area (Å²) in [5.41, 5.74) is 1.27. The third kappa shape index (κ3) is 4.00. The first-order valence-corrected chi connectivity index (χ1v) is 5.92. The number of pyridine rings is 1. The molecule has 2 heterocycles. The Kier molecular flexibility index (Phi) is 4.27. The molecule has 0 aliphatic heterocycles. The lowest BCUT2D eigenvalue weighted by Gasteiger charge is -2.14. The molecule has 0 amide bonds. The van der Waals surface area contributed by atoms with E-state index in [0.717, 1.165) is 19.5 Å². The number of nitrogens with one attached hydrogen (secondary N) is 1. The Bertz CT molecular complexity index is 410. The van der Waals surface area contributed by atoms with Crippen LogP contribution in [-0.4, -0.2) is 27.1 Å². The highest BCUT2D eigenvalue weighted by atomic mass is 15.1. The van der Waals surface area contributed by atoms with Crippen LogP contribution < -0.4 is 5.32 Å². The van der Waals surface area contributed by atoms with Crippen LogP contribution in [0.5, 0.6) is 0 Å². The van der Waals surface area contributed by atoms with Crippen LogP contribution in [0, 0.1) is 0 Å². The minimum absolute atomic E-state index is 0.445. The summed E-state index contributed by atoms with van der Waals surface area (Å²) in [5.74, 6) is 0. The highest BCUT2D eigenvalue weighted by Gasteiger charge is 2.01. The highest BCUT2D eigenvalue weighted by molar-refractivity contribution is 5.08. The van der Waals surface area contributed by atoms with Gasteiger partial charge in [-0.3, -0.25) is 4.98 Å². The molecule has 0 saturated heterocycles. The fourth-order valence-electron chi connectivity index (χ4n) is 1.78. The molecule has 0 saturated carbocycles. The van der Waals surface area contributed by atoms with Gasteiger partial charge < -0.3 is 9.88 Å². The van der Waals surface area contributed by atoms with E-state index < -0.39 is 0 Å². The molecule has 0 spiro atoms. The van der Waals surface area contributed by atoms with Gasteiger partial charge in [0.2, 0.25) is 0 Å². The van der Waals surface area contributed by atoms with Crippen LogP contribution in [0.15, 0.2) is 43.2 Å². The third-order valence-electron chi connectivity index (χ3n) is 2.67. The third-order valence-corrected chi connectivity index (χ3v) is 2.67. The van der Waals surface area contributed by atoms with Gasteiger partial charge in [0.25, 0.3) is 0 Å². The summed E-state index contributed by atoms with van der Waals surface area (Å²) in [5, 5.41) is 3.49. The van der Waals surface area contributed by atoms with E-state index in [1.54, 1.807) is 6.20 Å². The van der Waals surface area contributed by atoms with Gasteiger partial charge >= 0.3 is 0 Å². The van der Waals surface area contributed by atoms with Crippen molar-refractivity contribution in [1.82, 2.24) is 19.9 Å². The molecule has 0 aliphatic rings. The smallest absolute Gasteiger partial charge is 0.0946 e. The van der Waals surface area contributed by atoms with Crippen molar-refractivity contribution in [2.45, 2.75) is 25.9 Å². The van der Waals surface area contributed by atoms with E-state index in [-0.39, 0.29) is 0 Å². The second kappa shape index (κ2) is 6.15. The zero-order chi connectivity index (χ0) is 11.9. The van der Waals surface area contributed by atoms with Crippen LogP contribution in [0.25, 0.3) is 0 Å². The van der Waals surface area contributed by atoms with E-state index in [1.165, 1.54) is 5.56 Å². The van der Waals surface area contributed by atoms with Crippen LogP contribution in [-0.2, 0) is 13.0 Å². The predicted molar refractivity (Wildman–Crippen MR) is 67.6 cm³/mol. The average Bonchev–Trinajstić information content (AvgIpc) is 2.83. The molecule has 90 valence electrons. The Balaban J connectivity index is 1.68. The van der Waals surface area contributed by atoms with E-state index in [0.29, 0.717) is 6.04 Å². The molecule has 0 radical (unpaired) electrons. The number of aromatic nitrogens is 3. The zero-order valence-corrected chi connectivity index (χ0v) is 10.1. The van der Waals surface area contributed by atoms with Gasteiger partial charge in [-0.1, -0.05) is 6.07 Å². The molecule has 2 aromatic heterocycles. The highest BCUT2D eigenvalue weighted by Crippen LogP contribution is 1.97. The summed E-state index contributed by atoms with van der Waals surface area (Å²) < 4.78 is 2.09. The van der Waals surface area contributed by atoms with E-state index >= 15 is 0 Å². The Morgan fingerprint density at radius 2 is 2.29 bits per heavy atom. The molecule has 0 aromatic carbocycles. The summed E-state index contributed by atoms with van der Waals surface area (Å²) in [6.07, 6.45) is 10.4. The fourth-order valence-corrected chi connectivity index (χ4v) is 1.78. The van der Waals surface area contributed by atoms with Crippen molar-refractivity contribution in [2.24, 2.45) is 0 Å². The van der Waals surface area contributed by atoms with Crippen LogP contribution in [0.4, 0.5) is 0 Å². The van der Waals surface area contributed by atoms with Crippen molar-refractivity contribution in [3.8, 4) is 0 Å². The molecular weight excluding hydrogens is 212 g/mol. The van der Waals surface area contributed by atoms with Gasteiger partial charge in [0.1, 0.15) is 0 Å². The normalized spacial score (nSPS) is 12.5. The summed E-state index contributed by atoms with van der Waals surface area (Å²) >= 11 is 0. The van der Waals surface area contributed by atoms with Crippen molar-refractivity contribution < 1.29 is 0 Å². The fraction of sp³-hybridized carbons (Fsp3) is 0.385. The molecule has 0 fully saturated rings. The number of imidazole rings is 1. The first-order valence-electron chi connectivity index (χ1n) is 5.92. The van der Waals surface area contributed by atoms with E-state index in [9.17, 15) is 0 Å². The maximum absolute atomic E-state index is 4.10. The molecule has 17 heavy (non-hydrogen) atoms. The van der Waals surface area contributed by atoms with E-state index in [4.69, 9.17) is 0 Å². The average molecular weight is 230 g/mol. The SMILES string of the molecule is CC(Cn1ccnc1)NCCc1cccnc1. The second-order valence-corrected chi connectivity index (χ2v) is 4.23. The minimum Gasteiger partial charge on any atom is -0.336 e. The van der Waals surface area contributed by atoms with Gasteiger partial charge in [-0.2, -0.15) is 0 Å². The zero-order valence-electron chi connectivity index (χ0n) is 10.1. The standard InChI is InChI=1S/C13H18N4/c1-12(10-17-8-7-15-11-17)16-6-4-13-3-2-5-14-9-13/h2-3,5,7-9,11-12,16H,4,6,10H2,1H3. The van der Waals surface area contributed by atoms with Gasteiger partial charge in [0.05, 0.1) is 6.33 Å². The molecule has 0 bridgehead atoms. The van der Waals surface area contributed by atoms with Gasteiger partial charge in [-0.15, -0.1) is 0 Å². The van der Waals surface area contributed by atoms with Crippen molar-refractivity contribution in [2.75, 3.05) is 6.54 Å². The summed E-state index contributed by atoms with van der Waals surface area (Å²) in [7, 11) is 0. The second-order valence-electron chi connectivity index (χ2n) is 4.23. The number of nitrogens with zero attached hydrogens (tertiary/aromatic N) is 3. The molecule has 2 aromatic rings.